The van der Waals surface area contributed by atoms with E-state index < -0.39 is 22.0 Å². The summed E-state index contributed by atoms with van der Waals surface area (Å²) >= 11 is 0. The van der Waals surface area contributed by atoms with Crippen LogP contribution < -0.4 is 4.74 Å². The molecule has 1 saturated carbocycles. The van der Waals surface area contributed by atoms with Crippen LogP contribution in [-0.2, 0) is 35.4 Å². The lowest BCUT2D eigenvalue weighted by Crippen LogP contribution is -2.43. The second kappa shape index (κ2) is 13.4. The summed E-state index contributed by atoms with van der Waals surface area (Å²) in [5.41, 5.74) is 0.957. The van der Waals surface area contributed by atoms with Gasteiger partial charge in [0.2, 0.25) is 10.0 Å². The highest BCUT2D eigenvalue weighted by Crippen LogP contribution is 2.50. The van der Waals surface area contributed by atoms with Crippen LogP contribution in [0, 0.1) is 29.6 Å². The van der Waals surface area contributed by atoms with Gasteiger partial charge in [0, 0.05) is 30.8 Å². The number of aliphatic hydroxyl groups excluding tert-OH is 1. The van der Waals surface area contributed by atoms with Gasteiger partial charge in [-0.3, -0.25) is 4.79 Å². The van der Waals surface area contributed by atoms with Crippen molar-refractivity contribution in [3.63, 3.8) is 0 Å². The summed E-state index contributed by atoms with van der Waals surface area (Å²) in [5, 5.41) is 11.6. The molecule has 7 atom stereocenters. The monoisotopic (exact) mass is 601 g/mol. The van der Waals surface area contributed by atoms with Gasteiger partial charge in [0.1, 0.15) is 11.9 Å². The smallest absolute Gasteiger partial charge is 0.306 e. The normalized spacial score (nSPS) is 26.7. The first-order valence-electron chi connectivity index (χ1n) is 14.9. The summed E-state index contributed by atoms with van der Waals surface area (Å²) in [6, 6.07) is 15.9. The molecule has 2 heterocycles. The van der Waals surface area contributed by atoms with E-state index in [2.05, 4.69) is 0 Å². The number of carbonyl (C=O) groups is 1. The SMILES string of the molecule is COc1ccc(S(=O)(=O)N(CC(C)C)C[C@@H](O)C(CC(=O)O[C@@H]2CC3CCO[C@@H]4OC[C@H]2[C@H]34)Cc2ccccc2)cc1. The first kappa shape index (κ1) is 30.9. The lowest BCUT2D eigenvalue weighted by atomic mass is 9.87. The van der Waals surface area contributed by atoms with Crippen LogP contribution in [0.25, 0.3) is 0 Å². The number of hydrogen-bond donors (Lipinski definition) is 1. The van der Waals surface area contributed by atoms with Gasteiger partial charge in [-0.1, -0.05) is 44.2 Å². The van der Waals surface area contributed by atoms with E-state index in [9.17, 15) is 18.3 Å². The second-order valence-corrected chi connectivity index (χ2v) is 14.2. The summed E-state index contributed by atoms with van der Waals surface area (Å²) in [5.74, 6) is 0.465. The summed E-state index contributed by atoms with van der Waals surface area (Å²) in [7, 11) is -2.39. The minimum Gasteiger partial charge on any atom is -0.497 e. The number of benzene rings is 2. The van der Waals surface area contributed by atoms with Crippen LogP contribution in [0.1, 0.15) is 38.7 Å². The Morgan fingerprint density at radius 1 is 1.07 bits per heavy atom. The summed E-state index contributed by atoms with van der Waals surface area (Å²) in [6.07, 6.45) is 0.604. The van der Waals surface area contributed by atoms with Crippen molar-refractivity contribution in [2.75, 3.05) is 33.4 Å². The molecule has 9 nitrogen and oxygen atoms in total. The van der Waals surface area contributed by atoms with Crippen molar-refractivity contribution in [1.29, 1.82) is 0 Å². The van der Waals surface area contributed by atoms with Crippen LogP contribution in [-0.4, -0.2) is 75.7 Å². The predicted octanol–water partition coefficient (Wildman–Crippen LogP) is 3.89. The van der Waals surface area contributed by atoms with Crippen molar-refractivity contribution in [2.45, 2.75) is 62.9 Å². The largest absolute Gasteiger partial charge is 0.497 e. The van der Waals surface area contributed by atoms with E-state index in [1.54, 1.807) is 12.1 Å². The quantitative estimate of drug-likeness (QED) is 0.344. The zero-order valence-corrected chi connectivity index (χ0v) is 25.4. The maximum absolute atomic E-state index is 13.7. The second-order valence-electron chi connectivity index (χ2n) is 12.2. The average molecular weight is 602 g/mol. The Kier molecular flexibility index (Phi) is 9.89. The molecule has 2 aliphatic heterocycles. The Labute approximate surface area is 249 Å². The summed E-state index contributed by atoms with van der Waals surface area (Å²) < 4.78 is 51.6. The Balaban J connectivity index is 1.31. The van der Waals surface area contributed by atoms with E-state index in [0.29, 0.717) is 31.3 Å². The molecule has 0 radical (unpaired) electrons. The van der Waals surface area contributed by atoms with E-state index >= 15 is 0 Å². The molecule has 42 heavy (non-hydrogen) atoms. The fourth-order valence-corrected chi connectivity index (χ4v) is 8.37. The number of aliphatic hydroxyl groups is 1. The maximum atomic E-state index is 13.7. The molecule has 3 fully saturated rings. The molecule has 3 aliphatic rings. The highest BCUT2D eigenvalue weighted by molar-refractivity contribution is 7.89. The molecule has 0 aromatic heterocycles. The fraction of sp³-hybridized carbons (Fsp3) is 0.594. The van der Waals surface area contributed by atoms with E-state index in [0.717, 1.165) is 18.4 Å². The molecule has 10 heteroatoms. The minimum absolute atomic E-state index is 0.0203. The standard InChI is InChI=1S/C32H43NO8S/c1-21(2)18-33(42(36,37)26-11-9-25(38-3)10-12-26)19-28(34)24(15-22-7-5-4-6-8-22)17-30(35)41-29-16-23-13-14-39-32-31(23)27(29)20-40-32/h4-12,21,23-24,27-29,31-32,34H,13-20H2,1-3H3/t23?,24?,27-,28-,29-,31+,32-/m1/s1. The number of hydrogen-bond acceptors (Lipinski definition) is 8. The number of esters is 1. The lowest BCUT2D eigenvalue weighted by molar-refractivity contribution is -0.165. The minimum atomic E-state index is -3.91. The van der Waals surface area contributed by atoms with Gasteiger partial charge in [-0.15, -0.1) is 0 Å². The van der Waals surface area contributed by atoms with Crippen molar-refractivity contribution in [3.8, 4) is 5.75 Å². The number of methoxy groups -OCH3 is 1. The summed E-state index contributed by atoms with van der Waals surface area (Å²) in [4.78, 5) is 13.5. The molecule has 1 aliphatic carbocycles. The van der Waals surface area contributed by atoms with Crippen molar-refractivity contribution in [3.05, 3.63) is 60.2 Å². The molecule has 230 valence electrons. The molecule has 2 aromatic carbocycles. The van der Waals surface area contributed by atoms with Gasteiger partial charge in [0.05, 0.1) is 37.7 Å². The van der Waals surface area contributed by atoms with Crippen LogP contribution >= 0.6 is 0 Å². The highest BCUT2D eigenvalue weighted by Gasteiger charge is 2.55. The Morgan fingerprint density at radius 2 is 1.81 bits per heavy atom. The lowest BCUT2D eigenvalue weighted by Gasteiger charge is -2.30. The van der Waals surface area contributed by atoms with Crippen LogP contribution in [0.15, 0.2) is 59.5 Å². The number of nitrogens with zero attached hydrogens (tertiary/aromatic N) is 1. The van der Waals surface area contributed by atoms with Gasteiger partial charge in [-0.05, 0) is 60.9 Å². The van der Waals surface area contributed by atoms with Gasteiger partial charge in [0.15, 0.2) is 6.29 Å². The first-order chi connectivity index (χ1) is 20.2. The zero-order valence-electron chi connectivity index (χ0n) is 24.6. The third-order valence-electron chi connectivity index (χ3n) is 8.84. The van der Waals surface area contributed by atoms with Crippen molar-refractivity contribution >= 4 is 16.0 Å². The number of rotatable bonds is 13. The summed E-state index contributed by atoms with van der Waals surface area (Å²) in [6.45, 7) is 5.14. The Bertz CT molecular complexity index is 1290. The van der Waals surface area contributed by atoms with Gasteiger partial charge in [-0.25, -0.2) is 8.42 Å². The molecule has 2 unspecified atom stereocenters. The van der Waals surface area contributed by atoms with Gasteiger partial charge in [0.25, 0.3) is 0 Å². The van der Waals surface area contributed by atoms with E-state index in [4.69, 9.17) is 18.9 Å². The van der Waals surface area contributed by atoms with Crippen molar-refractivity contribution in [2.24, 2.45) is 29.6 Å². The zero-order chi connectivity index (χ0) is 29.9. The number of carbonyl (C=O) groups excluding carboxylic acids is 1. The topological polar surface area (TPSA) is 112 Å². The third kappa shape index (κ3) is 7.00. The fourth-order valence-electron chi connectivity index (χ4n) is 6.75. The van der Waals surface area contributed by atoms with Gasteiger partial charge < -0.3 is 24.1 Å². The van der Waals surface area contributed by atoms with Crippen LogP contribution in [0.2, 0.25) is 0 Å². The van der Waals surface area contributed by atoms with Crippen molar-refractivity contribution < 1.29 is 37.3 Å². The molecular weight excluding hydrogens is 558 g/mol. The molecule has 0 amide bonds. The number of sulfonamides is 1. The molecule has 0 spiro atoms. The third-order valence-corrected chi connectivity index (χ3v) is 10.7. The maximum Gasteiger partial charge on any atom is 0.306 e. The van der Waals surface area contributed by atoms with Crippen LogP contribution in [0.3, 0.4) is 0 Å². The Hall–Kier alpha value is -2.50. The molecule has 5 rings (SSSR count). The molecule has 2 saturated heterocycles. The van der Waals surface area contributed by atoms with E-state index in [1.807, 2.05) is 44.2 Å². The van der Waals surface area contributed by atoms with Gasteiger partial charge >= 0.3 is 5.97 Å². The van der Waals surface area contributed by atoms with Crippen molar-refractivity contribution in [1.82, 2.24) is 4.31 Å². The highest BCUT2D eigenvalue weighted by atomic mass is 32.2. The predicted molar refractivity (Wildman–Crippen MR) is 156 cm³/mol. The van der Waals surface area contributed by atoms with E-state index in [-0.39, 0.29) is 60.5 Å². The first-order valence-corrected chi connectivity index (χ1v) is 16.4. The Morgan fingerprint density at radius 3 is 2.50 bits per heavy atom. The molecule has 1 N–H and O–H groups in total. The average Bonchev–Trinajstić information content (AvgIpc) is 3.57. The van der Waals surface area contributed by atoms with E-state index in [1.165, 1.54) is 23.5 Å². The van der Waals surface area contributed by atoms with Crippen LogP contribution in [0.4, 0.5) is 0 Å². The van der Waals surface area contributed by atoms with Gasteiger partial charge in [-0.2, -0.15) is 4.31 Å². The molecule has 0 bridgehead atoms. The molecule has 2 aromatic rings. The van der Waals surface area contributed by atoms with Crippen LogP contribution in [0.5, 0.6) is 5.75 Å². The molecular formula is C32H43NO8S. The number of ether oxygens (including phenoxy) is 4.